The summed E-state index contributed by atoms with van der Waals surface area (Å²) in [6.45, 7) is 10.3. The third-order valence-corrected chi connectivity index (χ3v) is 4.01. The number of methoxy groups -OCH3 is 1. The van der Waals surface area contributed by atoms with E-state index in [1.165, 1.54) is 5.56 Å². The van der Waals surface area contributed by atoms with E-state index in [4.69, 9.17) is 9.47 Å². The molecule has 20 heavy (non-hydrogen) atoms. The lowest BCUT2D eigenvalue weighted by atomic mass is 9.83. The van der Waals surface area contributed by atoms with Crippen LogP contribution in [0.2, 0.25) is 0 Å². The van der Waals surface area contributed by atoms with E-state index in [0.717, 1.165) is 31.7 Å². The topological polar surface area (TPSA) is 30.5 Å². The molecular formula is C17H29NO2. The van der Waals surface area contributed by atoms with E-state index in [2.05, 4.69) is 45.1 Å². The van der Waals surface area contributed by atoms with Crippen LogP contribution in [-0.4, -0.2) is 25.9 Å². The number of hydrogen-bond donors (Lipinski definition) is 1. The lowest BCUT2D eigenvalue weighted by Crippen LogP contribution is -2.45. The summed E-state index contributed by atoms with van der Waals surface area (Å²) in [5.74, 6) is 0.888. The van der Waals surface area contributed by atoms with E-state index in [1.807, 2.05) is 12.1 Å². The van der Waals surface area contributed by atoms with Crippen molar-refractivity contribution in [3.05, 3.63) is 29.8 Å². The molecule has 0 radical (unpaired) electrons. The fourth-order valence-corrected chi connectivity index (χ4v) is 2.84. The van der Waals surface area contributed by atoms with Gasteiger partial charge in [-0.15, -0.1) is 0 Å². The predicted molar refractivity (Wildman–Crippen MR) is 84.4 cm³/mol. The predicted octanol–water partition coefficient (Wildman–Crippen LogP) is 3.94. The van der Waals surface area contributed by atoms with Crippen molar-refractivity contribution in [2.24, 2.45) is 0 Å². The van der Waals surface area contributed by atoms with E-state index in [0.29, 0.717) is 0 Å². The van der Waals surface area contributed by atoms with E-state index in [-0.39, 0.29) is 11.6 Å². The molecule has 0 aliphatic rings. The van der Waals surface area contributed by atoms with Crippen molar-refractivity contribution >= 4 is 0 Å². The maximum atomic E-state index is 6.16. The normalized spacial score (nSPS) is 13.2. The third kappa shape index (κ3) is 3.74. The number of hydrogen-bond acceptors (Lipinski definition) is 3. The SMILES string of the molecule is CCNC(c1ccc(OC)cc1)C(CC)(CC)OCC. The summed E-state index contributed by atoms with van der Waals surface area (Å²) < 4.78 is 11.4. The van der Waals surface area contributed by atoms with Crippen molar-refractivity contribution in [3.8, 4) is 5.75 Å². The Morgan fingerprint density at radius 1 is 1.05 bits per heavy atom. The molecule has 0 aliphatic heterocycles. The molecule has 0 fully saturated rings. The van der Waals surface area contributed by atoms with Gasteiger partial charge >= 0.3 is 0 Å². The van der Waals surface area contributed by atoms with E-state index in [1.54, 1.807) is 7.11 Å². The number of ether oxygens (including phenoxy) is 2. The molecule has 0 aliphatic carbocycles. The Balaban J connectivity index is 3.11. The van der Waals surface area contributed by atoms with Gasteiger partial charge in [-0.2, -0.15) is 0 Å². The van der Waals surface area contributed by atoms with Crippen LogP contribution in [0.15, 0.2) is 24.3 Å². The fourth-order valence-electron chi connectivity index (χ4n) is 2.84. The fraction of sp³-hybridized carbons (Fsp3) is 0.647. The lowest BCUT2D eigenvalue weighted by Gasteiger charge is -2.40. The summed E-state index contributed by atoms with van der Waals surface area (Å²) in [5.41, 5.74) is 1.10. The Morgan fingerprint density at radius 2 is 1.65 bits per heavy atom. The highest BCUT2D eigenvalue weighted by Gasteiger charge is 2.37. The van der Waals surface area contributed by atoms with Gasteiger partial charge in [0, 0.05) is 6.61 Å². The molecule has 0 amide bonds. The van der Waals surface area contributed by atoms with Crippen LogP contribution in [0.5, 0.6) is 5.75 Å². The minimum absolute atomic E-state index is 0.153. The minimum Gasteiger partial charge on any atom is -0.497 e. The standard InChI is InChI=1S/C17H29NO2/c1-6-17(7-2,20-9-4)16(18-8-3)14-10-12-15(19-5)13-11-14/h10-13,16,18H,6-9H2,1-5H3. The zero-order valence-corrected chi connectivity index (χ0v) is 13.5. The molecule has 0 saturated heterocycles. The second kappa shape index (κ2) is 8.28. The second-order valence-corrected chi connectivity index (χ2v) is 4.97. The van der Waals surface area contributed by atoms with Crippen LogP contribution in [-0.2, 0) is 4.74 Å². The highest BCUT2D eigenvalue weighted by atomic mass is 16.5. The van der Waals surface area contributed by atoms with Gasteiger partial charge in [-0.1, -0.05) is 32.9 Å². The van der Waals surface area contributed by atoms with Gasteiger partial charge in [-0.05, 0) is 44.0 Å². The Morgan fingerprint density at radius 3 is 2.05 bits per heavy atom. The monoisotopic (exact) mass is 279 g/mol. The van der Waals surface area contributed by atoms with Crippen LogP contribution < -0.4 is 10.1 Å². The molecule has 0 heterocycles. The van der Waals surface area contributed by atoms with E-state index < -0.39 is 0 Å². The number of rotatable bonds is 9. The van der Waals surface area contributed by atoms with Crippen molar-refractivity contribution in [2.45, 2.75) is 52.2 Å². The second-order valence-electron chi connectivity index (χ2n) is 4.97. The first-order valence-corrected chi connectivity index (χ1v) is 7.68. The van der Waals surface area contributed by atoms with Gasteiger partial charge in [0.25, 0.3) is 0 Å². The van der Waals surface area contributed by atoms with Crippen LogP contribution in [0.4, 0.5) is 0 Å². The van der Waals surface area contributed by atoms with Crippen LogP contribution in [0.3, 0.4) is 0 Å². The molecule has 1 atom stereocenters. The quantitative estimate of drug-likeness (QED) is 0.742. The van der Waals surface area contributed by atoms with Crippen LogP contribution in [0.25, 0.3) is 0 Å². The highest BCUT2D eigenvalue weighted by molar-refractivity contribution is 5.30. The Labute approximate surface area is 123 Å². The van der Waals surface area contributed by atoms with Crippen molar-refractivity contribution < 1.29 is 9.47 Å². The molecule has 0 saturated carbocycles. The summed E-state index contributed by atoms with van der Waals surface area (Å²) in [5, 5.41) is 3.60. The van der Waals surface area contributed by atoms with Gasteiger partial charge in [0.15, 0.2) is 0 Å². The van der Waals surface area contributed by atoms with Gasteiger partial charge < -0.3 is 14.8 Å². The first kappa shape index (κ1) is 17.0. The first-order chi connectivity index (χ1) is 9.67. The zero-order valence-electron chi connectivity index (χ0n) is 13.5. The summed E-state index contributed by atoms with van der Waals surface area (Å²) >= 11 is 0. The molecule has 1 unspecified atom stereocenters. The molecule has 1 N–H and O–H groups in total. The maximum absolute atomic E-state index is 6.16. The van der Waals surface area contributed by atoms with Crippen LogP contribution >= 0.6 is 0 Å². The smallest absolute Gasteiger partial charge is 0.118 e. The largest absolute Gasteiger partial charge is 0.497 e. The van der Waals surface area contributed by atoms with Gasteiger partial charge in [0.05, 0.1) is 18.8 Å². The van der Waals surface area contributed by atoms with E-state index >= 15 is 0 Å². The average molecular weight is 279 g/mol. The molecule has 114 valence electrons. The van der Waals surface area contributed by atoms with Crippen LogP contribution in [0, 0.1) is 0 Å². The van der Waals surface area contributed by atoms with Gasteiger partial charge in [0.2, 0.25) is 0 Å². The molecule has 1 aromatic carbocycles. The van der Waals surface area contributed by atoms with Crippen molar-refractivity contribution in [3.63, 3.8) is 0 Å². The average Bonchev–Trinajstić information content (AvgIpc) is 2.51. The number of benzene rings is 1. The molecule has 0 aromatic heterocycles. The molecule has 0 bridgehead atoms. The lowest BCUT2D eigenvalue weighted by molar-refractivity contribution is -0.0730. The Hall–Kier alpha value is -1.06. The van der Waals surface area contributed by atoms with E-state index in [9.17, 15) is 0 Å². The summed E-state index contributed by atoms with van der Waals surface area (Å²) in [4.78, 5) is 0. The summed E-state index contributed by atoms with van der Waals surface area (Å²) in [6, 6.07) is 8.49. The maximum Gasteiger partial charge on any atom is 0.118 e. The molecule has 0 spiro atoms. The molecule has 3 heteroatoms. The van der Waals surface area contributed by atoms with Gasteiger partial charge in [-0.25, -0.2) is 0 Å². The number of nitrogens with one attached hydrogen (secondary N) is 1. The highest BCUT2D eigenvalue weighted by Crippen LogP contribution is 2.36. The van der Waals surface area contributed by atoms with Gasteiger partial charge in [-0.3, -0.25) is 0 Å². The van der Waals surface area contributed by atoms with Crippen molar-refractivity contribution in [2.75, 3.05) is 20.3 Å². The third-order valence-electron chi connectivity index (χ3n) is 4.01. The molecule has 1 rings (SSSR count). The summed E-state index contributed by atoms with van der Waals surface area (Å²) in [6.07, 6.45) is 1.97. The zero-order chi connectivity index (χ0) is 15.0. The summed E-state index contributed by atoms with van der Waals surface area (Å²) in [7, 11) is 1.69. The van der Waals surface area contributed by atoms with Crippen molar-refractivity contribution in [1.82, 2.24) is 5.32 Å². The molecular weight excluding hydrogens is 250 g/mol. The minimum atomic E-state index is -0.153. The Bertz CT molecular complexity index is 371. The Kier molecular flexibility index (Phi) is 7.03. The number of likely N-dealkylation sites (N-methyl/N-ethyl adjacent to an activating group) is 1. The molecule has 3 nitrogen and oxygen atoms in total. The van der Waals surface area contributed by atoms with Crippen molar-refractivity contribution in [1.29, 1.82) is 0 Å². The molecule has 1 aromatic rings. The van der Waals surface area contributed by atoms with Crippen LogP contribution in [0.1, 0.15) is 52.1 Å². The first-order valence-electron chi connectivity index (χ1n) is 7.68. The van der Waals surface area contributed by atoms with Gasteiger partial charge in [0.1, 0.15) is 5.75 Å².